The van der Waals surface area contributed by atoms with Gasteiger partial charge in [0.05, 0.1) is 11.4 Å². The van der Waals surface area contributed by atoms with E-state index in [0.717, 1.165) is 15.6 Å². The van der Waals surface area contributed by atoms with Gasteiger partial charge in [0.15, 0.2) is 16.0 Å². The number of carbonyl (C=O) groups is 1. The Kier molecular flexibility index (Phi) is 6.19. The molecule has 0 atom stereocenters. The molecule has 4 rings (SSSR count). The van der Waals surface area contributed by atoms with Crippen LogP contribution in [0.15, 0.2) is 49.1 Å². The van der Waals surface area contributed by atoms with E-state index in [4.69, 9.17) is 9.05 Å². The fourth-order valence-corrected chi connectivity index (χ4v) is 4.18. The summed E-state index contributed by atoms with van der Waals surface area (Å²) >= 11 is 2.98. The average molecular weight is 446 g/mol. The lowest BCUT2D eigenvalue weighted by Crippen LogP contribution is -2.12. The zero-order valence-corrected chi connectivity index (χ0v) is 17.4. The van der Waals surface area contributed by atoms with Crippen LogP contribution in [0.4, 0.5) is 10.2 Å². The van der Waals surface area contributed by atoms with E-state index in [-0.39, 0.29) is 18.1 Å². The van der Waals surface area contributed by atoms with Gasteiger partial charge in [-0.2, -0.15) is 4.98 Å². The molecule has 0 fully saturated rings. The van der Waals surface area contributed by atoms with E-state index in [2.05, 4.69) is 25.6 Å². The molecular weight excluding hydrogens is 429 g/mol. The van der Waals surface area contributed by atoms with Crippen molar-refractivity contribution in [2.75, 3.05) is 5.32 Å². The van der Waals surface area contributed by atoms with Crippen LogP contribution in [-0.2, 0) is 17.0 Å². The molecule has 8 nitrogen and oxygen atoms in total. The first-order chi connectivity index (χ1) is 14.5. The molecule has 0 spiro atoms. The largest absolute Gasteiger partial charge is 0.360 e. The van der Waals surface area contributed by atoms with Crippen LogP contribution in [0.3, 0.4) is 0 Å². The summed E-state index contributed by atoms with van der Waals surface area (Å²) in [6.45, 7) is 1.75. The molecule has 3 aromatic heterocycles. The molecule has 11 heteroatoms. The van der Waals surface area contributed by atoms with Gasteiger partial charge in [-0.3, -0.25) is 4.79 Å². The van der Waals surface area contributed by atoms with Gasteiger partial charge in [0, 0.05) is 29.9 Å². The minimum absolute atomic E-state index is 0.189. The third-order valence-corrected chi connectivity index (χ3v) is 5.94. The molecule has 0 bridgehead atoms. The van der Waals surface area contributed by atoms with Crippen molar-refractivity contribution in [3.05, 3.63) is 59.0 Å². The average Bonchev–Trinajstić information content (AvgIpc) is 3.47. The number of nitrogens with zero attached hydrogens (tertiary/aromatic N) is 4. The number of nitrogens with one attached hydrogen (secondary N) is 1. The van der Waals surface area contributed by atoms with Gasteiger partial charge in [0.1, 0.15) is 11.6 Å². The summed E-state index contributed by atoms with van der Waals surface area (Å²) in [5.41, 5.74) is 1.66. The third-order valence-electron chi connectivity index (χ3n) is 3.92. The van der Waals surface area contributed by atoms with Gasteiger partial charge < -0.3 is 14.4 Å². The lowest BCUT2D eigenvalue weighted by Gasteiger charge is -1.98. The Morgan fingerprint density at radius 1 is 1.20 bits per heavy atom. The smallest absolute Gasteiger partial charge is 0.227 e. The Morgan fingerprint density at radius 2 is 2.03 bits per heavy atom. The van der Waals surface area contributed by atoms with Crippen LogP contribution < -0.4 is 5.32 Å². The van der Waals surface area contributed by atoms with Crippen molar-refractivity contribution in [1.29, 1.82) is 0 Å². The molecular formula is C19H16FN5O3S2. The molecule has 0 aliphatic heterocycles. The Morgan fingerprint density at radius 3 is 2.80 bits per heavy atom. The number of aromatic nitrogens is 4. The van der Waals surface area contributed by atoms with Crippen molar-refractivity contribution in [2.45, 2.75) is 29.9 Å². The number of carbonyl (C=O) groups excluding carboxylic acids is 1. The second-order valence-electron chi connectivity index (χ2n) is 6.27. The zero-order valence-electron chi connectivity index (χ0n) is 15.8. The second kappa shape index (κ2) is 9.18. The summed E-state index contributed by atoms with van der Waals surface area (Å²) in [6.07, 6.45) is 0.514. The number of hydrogen-bond donors (Lipinski definition) is 1. The highest BCUT2D eigenvalue weighted by molar-refractivity contribution is 8.00. The monoisotopic (exact) mass is 445 g/mol. The van der Waals surface area contributed by atoms with E-state index < -0.39 is 0 Å². The van der Waals surface area contributed by atoms with E-state index in [9.17, 15) is 9.18 Å². The van der Waals surface area contributed by atoms with E-state index in [0.29, 0.717) is 35.5 Å². The normalized spacial score (nSPS) is 11.0. The first-order valence-corrected chi connectivity index (χ1v) is 10.8. The number of amides is 1. The van der Waals surface area contributed by atoms with Crippen LogP contribution >= 0.6 is 23.1 Å². The van der Waals surface area contributed by atoms with Crippen LogP contribution in [0.25, 0.3) is 11.3 Å². The number of halogens is 1. The van der Waals surface area contributed by atoms with Gasteiger partial charge in [-0.15, -0.1) is 11.3 Å². The fourth-order valence-electron chi connectivity index (χ4n) is 2.50. The molecule has 0 radical (unpaired) electrons. The maximum Gasteiger partial charge on any atom is 0.227 e. The maximum atomic E-state index is 13.0. The second-order valence-corrected chi connectivity index (χ2v) is 8.35. The zero-order chi connectivity index (χ0) is 20.9. The topological polar surface area (TPSA) is 107 Å². The van der Waals surface area contributed by atoms with Gasteiger partial charge in [-0.05, 0) is 31.2 Å². The van der Waals surface area contributed by atoms with E-state index in [1.54, 1.807) is 25.1 Å². The van der Waals surface area contributed by atoms with E-state index >= 15 is 0 Å². The molecule has 0 aliphatic carbocycles. The SMILES string of the molecule is Cc1cc(NC(=O)CCc2nc(CSc3nc(-c4ccc(F)cc4)cs3)no2)no1. The molecule has 0 saturated heterocycles. The number of rotatable bonds is 8. The van der Waals surface area contributed by atoms with Gasteiger partial charge >= 0.3 is 0 Å². The Bertz CT molecular complexity index is 1140. The lowest BCUT2D eigenvalue weighted by atomic mass is 10.2. The number of thioether (sulfide) groups is 1. The van der Waals surface area contributed by atoms with Gasteiger partial charge in [0.25, 0.3) is 0 Å². The highest BCUT2D eigenvalue weighted by Gasteiger charge is 2.12. The number of benzene rings is 1. The highest BCUT2D eigenvalue weighted by atomic mass is 32.2. The number of hydrogen-bond acceptors (Lipinski definition) is 9. The first-order valence-electron chi connectivity index (χ1n) is 8.94. The molecule has 4 aromatic rings. The first kappa shape index (κ1) is 20.2. The summed E-state index contributed by atoms with van der Waals surface area (Å²) in [7, 11) is 0. The quantitative estimate of drug-likeness (QED) is 0.395. The van der Waals surface area contributed by atoms with Crippen molar-refractivity contribution in [2.24, 2.45) is 0 Å². The Labute approximate surface area is 178 Å². The standard InChI is InChI=1S/C19H16FN5O3S2/c1-11-8-15(24-27-11)22-17(26)6-7-18-23-16(25-28-18)10-30-19-21-14(9-29-19)12-2-4-13(20)5-3-12/h2-5,8-9H,6-7,10H2,1H3,(H,22,24,26). The molecule has 3 heterocycles. The molecule has 0 aliphatic rings. The number of aryl methyl sites for hydroxylation is 2. The maximum absolute atomic E-state index is 13.0. The summed E-state index contributed by atoms with van der Waals surface area (Å²) in [5, 5.41) is 12.2. The molecule has 1 N–H and O–H groups in total. The molecule has 1 aromatic carbocycles. The Hall–Kier alpha value is -3.05. The number of thiazole rings is 1. The minimum Gasteiger partial charge on any atom is -0.360 e. The third kappa shape index (κ3) is 5.30. The van der Waals surface area contributed by atoms with Crippen molar-refractivity contribution < 1.29 is 18.2 Å². The van der Waals surface area contributed by atoms with Gasteiger partial charge in [-0.25, -0.2) is 9.37 Å². The predicted octanol–water partition coefficient (Wildman–Crippen LogP) is 4.49. The van der Waals surface area contributed by atoms with Crippen LogP contribution in [0.5, 0.6) is 0 Å². The summed E-state index contributed by atoms with van der Waals surface area (Å²) < 4.78 is 24.0. The predicted molar refractivity (Wildman–Crippen MR) is 110 cm³/mol. The fraction of sp³-hybridized carbons (Fsp3) is 0.211. The van der Waals surface area contributed by atoms with Crippen LogP contribution in [0.2, 0.25) is 0 Å². The van der Waals surface area contributed by atoms with E-state index in [1.807, 2.05) is 5.38 Å². The Balaban J connectivity index is 1.25. The molecule has 30 heavy (non-hydrogen) atoms. The molecule has 0 unspecified atom stereocenters. The van der Waals surface area contributed by atoms with Gasteiger partial charge in [0.2, 0.25) is 11.8 Å². The van der Waals surface area contributed by atoms with Crippen molar-refractivity contribution in [3.8, 4) is 11.3 Å². The van der Waals surface area contributed by atoms with Crippen molar-refractivity contribution >= 4 is 34.8 Å². The van der Waals surface area contributed by atoms with Crippen molar-refractivity contribution in [3.63, 3.8) is 0 Å². The lowest BCUT2D eigenvalue weighted by molar-refractivity contribution is -0.116. The minimum atomic E-state index is -0.276. The molecule has 1 amide bonds. The van der Waals surface area contributed by atoms with Crippen LogP contribution in [0, 0.1) is 12.7 Å². The summed E-state index contributed by atoms with van der Waals surface area (Å²) in [6, 6.07) is 7.86. The van der Waals surface area contributed by atoms with Crippen LogP contribution in [-0.4, -0.2) is 26.2 Å². The molecule has 154 valence electrons. The van der Waals surface area contributed by atoms with Crippen LogP contribution in [0.1, 0.15) is 23.9 Å². The summed E-state index contributed by atoms with van der Waals surface area (Å²) in [5.74, 6) is 1.92. The van der Waals surface area contributed by atoms with Crippen molar-refractivity contribution in [1.82, 2.24) is 20.3 Å². The highest BCUT2D eigenvalue weighted by Crippen LogP contribution is 2.30. The van der Waals surface area contributed by atoms with E-state index in [1.165, 1.54) is 35.2 Å². The summed E-state index contributed by atoms with van der Waals surface area (Å²) in [4.78, 5) is 20.8. The molecule has 0 saturated carbocycles. The number of anilines is 1. The van der Waals surface area contributed by atoms with Gasteiger partial charge in [-0.1, -0.05) is 22.1 Å².